The first-order chi connectivity index (χ1) is 8.04. The van der Waals surface area contributed by atoms with Gasteiger partial charge in [0.2, 0.25) is 0 Å². The molecule has 0 saturated carbocycles. The highest BCUT2D eigenvalue weighted by molar-refractivity contribution is 7.14. The van der Waals surface area contributed by atoms with Crippen LogP contribution in [0.15, 0.2) is 6.07 Å². The maximum atomic E-state index is 11.1. The zero-order valence-electron chi connectivity index (χ0n) is 10.7. The number of aromatic carboxylic acids is 1. The third-order valence-electron chi connectivity index (χ3n) is 2.39. The van der Waals surface area contributed by atoms with Crippen molar-refractivity contribution >= 4 is 17.3 Å². The molecule has 0 spiro atoms. The van der Waals surface area contributed by atoms with Crippen LogP contribution in [0.25, 0.3) is 0 Å². The van der Waals surface area contributed by atoms with E-state index in [-0.39, 0.29) is 0 Å². The quantitative estimate of drug-likeness (QED) is 0.806. The summed E-state index contributed by atoms with van der Waals surface area (Å²) in [6.07, 6.45) is 2.88. The lowest BCUT2D eigenvalue weighted by Gasteiger charge is -2.06. The number of carboxylic acid groups (broad SMARTS) is 1. The highest BCUT2D eigenvalue weighted by Crippen LogP contribution is 2.30. The van der Waals surface area contributed by atoms with Crippen LogP contribution in [-0.2, 0) is 6.42 Å². The van der Waals surface area contributed by atoms with E-state index in [1.165, 1.54) is 11.3 Å². The number of carbonyl (C=O) groups is 1. The van der Waals surface area contributed by atoms with Gasteiger partial charge in [0, 0.05) is 4.88 Å². The number of thiophene rings is 1. The highest BCUT2D eigenvalue weighted by Gasteiger charge is 2.16. The average Bonchev–Trinajstić information content (AvgIpc) is 2.61. The fourth-order valence-corrected chi connectivity index (χ4v) is 2.49. The fourth-order valence-electron chi connectivity index (χ4n) is 1.45. The lowest BCUT2D eigenvalue weighted by Crippen LogP contribution is -2.03. The van der Waals surface area contributed by atoms with Gasteiger partial charge in [-0.2, -0.15) is 0 Å². The smallest absolute Gasteiger partial charge is 0.349 e. The monoisotopic (exact) mass is 256 g/mol. The predicted octanol–water partition coefficient (Wildman–Crippen LogP) is 3.82. The van der Waals surface area contributed by atoms with Gasteiger partial charge in [0.25, 0.3) is 0 Å². The molecule has 0 radical (unpaired) electrons. The number of aryl methyl sites for hydroxylation is 1. The van der Waals surface area contributed by atoms with E-state index < -0.39 is 5.97 Å². The molecule has 1 rings (SSSR count). The Morgan fingerprint density at radius 2 is 2.24 bits per heavy atom. The molecule has 0 atom stereocenters. The summed E-state index contributed by atoms with van der Waals surface area (Å²) in [5, 5.41) is 9.09. The second kappa shape index (κ2) is 6.64. The molecule has 0 unspecified atom stereocenters. The summed E-state index contributed by atoms with van der Waals surface area (Å²) < 4.78 is 5.57. The molecule has 0 aliphatic heterocycles. The van der Waals surface area contributed by atoms with Crippen molar-refractivity contribution in [2.75, 3.05) is 6.61 Å². The van der Waals surface area contributed by atoms with Gasteiger partial charge in [0.1, 0.15) is 5.75 Å². The summed E-state index contributed by atoms with van der Waals surface area (Å²) in [6.45, 7) is 6.91. The zero-order chi connectivity index (χ0) is 12.8. The maximum absolute atomic E-state index is 11.1. The van der Waals surface area contributed by atoms with Gasteiger partial charge >= 0.3 is 5.97 Å². The Hall–Kier alpha value is -1.03. The Bertz CT molecular complexity index is 369. The van der Waals surface area contributed by atoms with E-state index >= 15 is 0 Å². The normalized spacial score (nSPS) is 10.8. The summed E-state index contributed by atoms with van der Waals surface area (Å²) in [5.41, 5.74) is 0. The molecular formula is C13H20O3S. The number of rotatable bonds is 7. The van der Waals surface area contributed by atoms with Gasteiger partial charge in [0.05, 0.1) is 6.61 Å². The lowest BCUT2D eigenvalue weighted by molar-refractivity contribution is 0.0698. The van der Waals surface area contributed by atoms with E-state index in [1.54, 1.807) is 0 Å². The zero-order valence-corrected chi connectivity index (χ0v) is 11.5. The molecule has 1 aromatic heterocycles. The highest BCUT2D eigenvalue weighted by atomic mass is 32.1. The molecule has 0 aliphatic rings. The maximum Gasteiger partial charge on any atom is 0.349 e. The fraction of sp³-hybridized carbons (Fsp3) is 0.615. The third kappa shape index (κ3) is 4.38. The van der Waals surface area contributed by atoms with E-state index in [2.05, 4.69) is 20.8 Å². The summed E-state index contributed by atoms with van der Waals surface area (Å²) in [7, 11) is 0. The molecule has 1 N–H and O–H groups in total. The van der Waals surface area contributed by atoms with E-state index in [1.807, 2.05) is 6.07 Å². The third-order valence-corrected chi connectivity index (χ3v) is 3.56. The Balaban J connectivity index is 2.70. The molecule has 1 heterocycles. The number of hydrogen-bond donors (Lipinski definition) is 1. The molecule has 3 nitrogen and oxygen atoms in total. The van der Waals surface area contributed by atoms with Gasteiger partial charge in [-0.1, -0.05) is 27.2 Å². The molecule has 0 amide bonds. The van der Waals surface area contributed by atoms with E-state index in [0.29, 0.717) is 23.2 Å². The van der Waals surface area contributed by atoms with Crippen LogP contribution >= 0.6 is 11.3 Å². The minimum absolute atomic E-state index is 0.331. The summed E-state index contributed by atoms with van der Waals surface area (Å²) in [6, 6.07) is 1.87. The largest absolute Gasteiger partial charge is 0.492 e. The van der Waals surface area contributed by atoms with Crippen LogP contribution in [0.3, 0.4) is 0 Å². The van der Waals surface area contributed by atoms with Crippen molar-refractivity contribution in [1.82, 2.24) is 0 Å². The van der Waals surface area contributed by atoms with E-state index in [9.17, 15) is 4.79 Å². The minimum atomic E-state index is -0.892. The van der Waals surface area contributed by atoms with Crippen LogP contribution in [0.2, 0.25) is 0 Å². The van der Waals surface area contributed by atoms with Crippen molar-refractivity contribution in [3.05, 3.63) is 15.8 Å². The minimum Gasteiger partial charge on any atom is -0.492 e. The first-order valence-electron chi connectivity index (χ1n) is 6.03. The van der Waals surface area contributed by atoms with Gasteiger partial charge in [-0.05, 0) is 24.8 Å². The van der Waals surface area contributed by atoms with Gasteiger partial charge in [-0.15, -0.1) is 11.3 Å². The number of carboxylic acids is 1. The van der Waals surface area contributed by atoms with Crippen molar-refractivity contribution in [3.8, 4) is 5.75 Å². The average molecular weight is 256 g/mol. The van der Waals surface area contributed by atoms with Gasteiger partial charge in [-0.25, -0.2) is 4.79 Å². The second-order valence-electron chi connectivity index (χ2n) is 4.49. The van der Waals surface area contributed by atoms with Crippen molar-refractivity contribution in [3.63, 3.8) is 0 Å². The molecule has 0 bridgehead atoms. The molecule has 1 aromatic rings. The lowest BCUT2D eigenvalue weighted by atomic mass is 10.1. The van der Waals surface area contributed by atoms with E-state index in [0.717, 1.165) is 24.1 Å². The van der Waals surface area contributed by atoms with Crippen molar-refractivity contribution in [2.45, 2.75) is 40.0 Å². The second-order valence-corrected chi connectivity index (χ2v) is 5.63. The summed E-state index contributed by atoms with van der Waals surface area (Å²) >= 11 is 1.33. The van der Waals surface area contributed by atoms with Crippen molar-refractivity contribution < 1.29 is 14.6 Å². The van der Waals surface area contributed by atoms with Crippen LogP contribution in [-0.4, -0.2) is 17.7 Å². The van der Waals surface area contributed by atoms with E-state index in [4.69, 9.17) is 9.84 Å². The summed E-state index contributed by atoms with van der Waals surface area (Å²) in [4.78, 5) is 12.5. The van der Waals surface area contributed by atoms with Gasteiger partial charge in [0.15, 0.2) is 4.88 Å². The van der Waals surface area contributed by atoms with Crippen molar-refractivity contribution in [1.29, 1.82) is 0 Å². The number of hydrogen-bond acceptors (Lipinski definition) is 3. The molecule has 0 fully saturated rings. The van der Waals surface area contributed by atoms with Gasteiger partial charge < -0.3 is 9.84 Å². The standard InChI is InChI=1S/C13H20O3S/c1-4-5-10-8-11(12(17-10)13(14)15)16-7-6-9(2)3/h8-9H,4-7H2,1-3H3,(H,14,15). The summed E-state index contributed by atoms with van der Waals surface area (Å²) in [5.74, 6) is 0.209. The first-order valence-corrected chi connectivity index (χ1v) is 6.85. The molecular weight excluding hydrogens is 236 g/mol. The SMILES string of the molecule is CCCc1cc(OCCC(C)C)c(C(=O)O)s1. The van der Waals surface area contributed by atoms with Crippen LogP contribution in [0, 0.1) is 5.92 Å². The molecule has 0 aliphatic carbocycles. The Kier molecular flexibility index (Phi) is 5.48. The Morgan fingerprint density at radius 3 is 2.76 bits per heavy atom. The Morgan fingerprint density at radius 1 is 1.53 bits per heavy atom. The van der Waals surface area contributed by atoms with Gasteiger partial charge in [-0.3, -0.25) is 0 Å². The Labute approximate surface area is 106 Å². The topological polar surface area (TPSA) is 46.5 Å². The van der Waals surface area contributed by atoms with Crippen LogP contribution in [0.1, 0.15) is 48.2 Å². The van der Waals surface area contributed by atoms with Crippen molar-refractivity contribution in [2.24, 2.45) is 5.92 Å². The van der Waals surface area contributed by atoms with Crippen LogP contribution in [0.5, 0.6) is 5.75 Å². The number of ether oxygens (including phenoxy) is 1. The molecule has 96 valence electrons. The molecule has 0 saturated heterocycles. The molecule has 0 aromatic carbocycles. The molecule has 17 heavy (non-hydrogen) atoms. The first kappa shape index (κ1) is 14.0. The molecule has 4 heteroatoms. The van der Waals surface area contributed by atoms with Crippen LogP contribution in [0.4, 0.5) is 0 Å². The van der Waals surface area contributed by atoms with Crippen LogP contribution < -0.4 is 4.74 Å². The predicted molar refractivity (Wildman–Crippen MR) is 70.2 cm³/mol.